The molecule has 1 fully saturated rings. The number of esters is 1. The Hall–Kier alpha value is -0.870. The Balaban J connectivity index is 2.12. The smallest absolute Gasteiger partial charge is 0.326 e. The summed E-state index contributed by atoms with van der Waals surface area (Å²) in [5.41, 5.74) is -0.509. The second-order valence-corrected chi connectivity index (χ2v) is 6.71. The summed E-state index contributed by atoms with van der Waals surface area (Å²) in [6.07, 6.45) is 3.02. The van der Waals surface area contributed by atoms with Crippen LogP contribution >= 0.6 is 11.3 Å². The maximum Gasteiger partial charge on any atom is 0.326 e. The van der Waals surface area contributed by atoms with Crippen LogP contribution in [0.3, 0.4) is 0 Å². The molecule has 3 atom stereocenters. The Morgan fingerprint density at radius 1 is 1.58 bits per heavy atom. The number of carbonyl (C=O) groups excluding carboxylic acids is 1. The third-order valence-corrected chi connectivity index (χ3v) is 5.21. The van der Waals surface area contributed by atoms with Gasteiger partial charge in [-0.25, -0.2) is 0 Å². The maximum atomic E-state index is 12.3. The first-order valence-electron chi connectivity index (χ1n) is 6.94. The number of ether oxygens (including phenoxy) is 1. The van der Waals surface area contributed by atoms with E-state index >= 15 is 0 Å². The summed E-state index contributed by atoms with van der Waals surface area (Å²) in [6.45, 7) is 5.16. The number of thiophene rings is 1. The van der Waals surface area contributed by atoms with E-state index in [1.165, 1.54) is 12.0 Å². The second kappa shape index (κ2) is 6.06. The fourth-order valence-electron chi connectivity index (χ4n) is 3.12. The van der Waals surface area contributed by atoms with Crippen molar-refractivity contribution in [2.45, 2.75) is 45.2 Å². The predicted octanol–water partition coefficient (Wildman–Crippen LogP) is 3.21. The number of hydrogen-bond acceptors (Lipinski definition) is 4. The van der Waals surface area contributed by atoms with Gasteiger partial charge in [0.15, 0.2) is 0 Å². The topological polar surface area (TPSA) is 38.3 Å². The van der Waals surface area contributed by atoms with Crippen molar-refractivity contribution in [3.05, 3.63) is 22.4 Å². The van der Waals surface area contributed by atoms with Gasteiger partial charge in [0, 0.05) is 11.4 Å². The Bertz CT molecular complexity index is 418. The van der Waals surface area contributed by atoms with Crippen molar-refractivity contribution >= 4 is 17.3 Å². The lowest BCUT2D eigenvalue weighted by Gasteiger charge is -2.43. The van der Waals surface area contributed by atoms with Gasteiger partial charge in [-0.05, 0) is 42.5 Å². The van der Waals surface area contributed by atoms with Gasteiger partial charge in [-0.1, -0.05) is 19.9 Å². The van der Waals surface area contributed by atoms with Crippen molar-refractivity contribution in [2.75, 3.05) is 7.11 Å². The highest BCUT2D eigenvalue weighted by Crippen LogP contribution is 2.38. The van der Waals surface area contributed by atoms with Crippen molar-refractivity contribution in [2.24, 2.45) is 11.8 Å². The first-order chi connectivity index (χ1) is 9.08. The largest absolute Gasteiger partial charge is 0.468 e. The van der Waals surface area contributed by atoms with Crippen LogP contribution in [0.1, 0.15) is 38.0 Å². The van der Waals surface area contributed by atoms with Gasteiger partial charge in [0.05, 0.1) is 7.11 Å². The lowest BCUT2D eigenvalue weighted by molar-refractivity contribution is -0.153. The lowest BCUT2D eigenvalue weighted by Crippen LogP contribution is -2.59. The second-order valence-electron chi connectivity index (χ2n) is 5.68. The maximum absolute atomic E-state index is 12.3. The quantitative estimate of drug-likeness (QED) is 0.861. The average Bonchev–Trinajstić information content (AvgIpc) is 2.90. The van der Waals surface area contributed by atoms with Crippen LogP contribution in [-0.4, -0.2) is 18.6 Å². The molecule has 1 aliphatic rings. The molecule has 1 aromatic rings. The summed E-state index contributed by atoms with van der Waals surface area (Å²) < 4.78 is 5.07. The molecule has 106 valence electrons. The molecule has 3 nitrogen and oxygen atoms in total. The summed E-state index contributed by atoms with van der Waals surface area (Å²) in [5.74, 6) is 0.892. The highest BCUT2D eigenvalue weighted by atomic mass is 32.1. The molecule has 4 heteroatoms. The SMILES string of the molecule is COC(=O)C1(NCc2cccs2)CCC(C)CC1C. The summed E-state index contributed by atoms with van der Waals surface area (Å²) in [6, 6.07) is 4.14. The van der Waals surface area contributed by atoms with Crippen molar-refractivity contribution < 1.29 is 9.53 Å². The van der Waals surface area contributed by atoms with Crippen LogP contribution in [0.4, 0.5) is 0 Å². The van der Waals surface area contributed by atoms with Gasteiger partial charge in [-0.2, -0.15) is 0 Å². The van der Waals surface area contributed by atoms with Crippen molar-refractivity contribution in [3.63, 3.8) is 0 Å². The van der Waals surface area contributed by atoms with E-state index in [0.29, 0.717) is 11.8 Å². The Morgan fingerprint density at radius 2 is 2.37 bits per heavy atom. The van der Waals surface area contributed by atoms with E-state index < -0.39 is 5.54 Å². The zero-order valence-electron chi connectivity index (χ0n) is 11.9. The molecule has 1 aromatic heterocycles. The Labute approximate surface area is 119 Å². The van der Waals surface area contributed by atoms with E-state index in [-0.39, 0.29) is 5.97 Å². The zero-order chi connectivity index (χ0) is 13.9. The molecule has 0 spiro atoms. The number of hydrogen-bond donors (Lipinski definition) is 1. The standard InChI is InChI=1S/C15H23NO2S/c1-11-6-7-15(12(2)9-11,14(17)18-3)16-10-13-5-4-8-19-13/h4-5,8,11-12,16H,6-7,9-10H2,1-3H3. The Kier molecular flexibility index (Phi) is 4.63. The van der Waals surface area contributed by atoms with Crippen LogP contribution < -0.4 is 5.32 Å². The predicted molar refractivity (Wildman–Crippen MR) is 78.1 cm³/mol. The van der Waals surface area contributed by atoms with Gasteiger partial charge in [0.25, 0.3) is 0 Å². The molecule has 0 radical (unpaired) electrons. The highest BCUT2D eigenvalue weighted by molar-refractivity contribution is 7.09. The highest BCUT2D eigenvalue weighted by Gasteiger charge is 2.47. The van der Waals surface area contributed by atoms with Gasteiger partial charge < -0.3 is 4.74 Å². The normalized spacial score (nSPS) is 31.1. The van der Waals surface area contributed by atoms with Crippen molar-refractivity contribution in [1.29, 1.82) is 0 Å². The van der Waals surface area contributed by atoms with Gasteiger partial charge in [0.2, 0.25) is 0 Å². The van der Waals surface area contributed by atoms with Crippen LogP contribution in [0.2, 0.25) is 0 Å². The van der Waals surface area contributed by atoms with Crippen LogP contribution in [-0.2, 0) is 16.1 Å². The molecule has 0 amide bonds. The van der Waals surface area contributed by atoms with Gasteiger partial charge in [0.1, 0.15) is 5.54 Å². The van der Waals surface area contributed by atoms with Gasteiger partial charge in [-0.15, -0.1) is 11.3 Å². The van der Waals surface area contributed by atoms with E-state index in [1.807, 2.05) is 6.07 Å². The lowest BCUT2D eigenvalue weighted by atomic mass is 9.70. The average molecular weight is 281 g/mol. The van der Waals surface area contributed by atoms with Gasteiger partial charge in [-0.3, -0.25) is 10.1 Å². The third-order valence-electron chi connectivity index (χ3n) is 4.34. The summed E-state index contributed by atoms with van der Waals surface area (Å²) in [4.78, 5) is 13.5. The van der Waals surface area contributed by atoms with Crippen LogP contribution in [0.15, 0.2) is 17.5 Å². The first kappa shape index (κ1) is 14.5. The van der Waals surface area contributed by atoms with Crippen molar-refractivity contribution in [3.8, 4) is 0 Å². The third kappa shape index (κ3) is 3.00. The van der Waals surface area contributed by atoms with E-state index in [2.05, 4.69) is 30.6 Å². The molecular weight excluding hydrogens is 258 g/mol. The monoisotopic (exact) mass is 281 g/mol. The summed E-state index contributed by atoms with van der Waals surface area (Å²) >= 11 is 1.72. The molecule has 0 aliphatic heterocycles. The van der Waals surface area contributed by atoms with Crippen molar-refractivity contribution in [1.82, 2.24) is 5.32 Å². The number of methoxy groups -OCH3 is 1. The summed E-state index contributed by atoms with van der Waals surface area (Å²) in [5, 5.41) is 5.56. The molecule has 1 aliphatic carbocycles. The molecule has 1 saturated carbocycles. The molecular formula is C15H23NO2S. The zero-order valence-corrected chi connectivity index (χ0v) is 12.8. The molecule has 0 aromatic carbocycles. The molecule has 0 bridgehead atoms. The minimum atomic E-state index is -0.509. The van der Waals surface area contributed by atoms with Gasteiger partial charge >= 0.3 is 5.97 Å². The van der Waals surface area contributed by atoms with E-state index in [4.69, 9.17) is 4.74 Å². The molecule has 1 N–H and O–H groups in total. The fourth-order valence-corrected chi connectivity index (χ4v) is 3.77. The molecule has 2 rings (SSSR count). The molecule has 19 heavy (non-hydrogen) atoms. The minimum absolute atomic E-state index is 0.108. The molecule has 0 saturated heterocycles. The number of carbonyl (C=O) groups is 1. The number of nitrogens with one attached hydrogen (secondary N) is 1. The van der Waals surface area contributed by atoms with Crippen LogP contribution in [0, 0.1) is 11.8 Å². The molecule has 3 unspecified atom stereocenters. The minimum Gasteiger partial charge on any atom is -0.468 e. The Morgan fingerprint density at radius 3 is 2.95 bits per heavy atom. The van der Waals surface area contributed by atoms with E-state index in [0.717, 1.165) is 25.8 Å². The van der Waals surface area contributed by atoms with Crippen LogP contribution in [0.25, 0.3) is 0 Å². The summed E-state index contributed by atoms with van der Waals surface area (Å²) in [7, 11) is 1.49. The molecule has 1 heterocycles. The first-order valence-corrected chi connectivity index (χ1v) is 7.82. The van der Waals surface area contributed by atoms with Crippen LogP contribution in [0.5, 0.6) is 0 Å². The fraction of sp³-hybridized carbons (Fsp3) is 0.667. The van der Waals surface area contributed by atoms with E-state index in [9.17, 15) is 4.79 Å². The van der Waals surface area contributed by atoms with E-state index in [1.54, 1.807) is 11.3 Å². The number of rotatable bonds is 4.